The monoisotopic (exact) mass is 233 g/mol. The molecule has 0 bridgehead atoms. The lowest BCUT2D eigenvalue weighted by atomic mass is 10.1. The van der Waals surface area contributed by atoms with Gasteiger partial charge in [-0.15, -0.1) is 0 Å². The highest BCUT2D eigenvalue weighted by Gasteiger charge is 1.98. The molecule has 1 aromatic carbocycles. The first-order chi connectivity index (χ1) is 8.17. The molecule has 92 valence electrons. The van der Waals surface area contributed by atoms with E-state index < -0.39 is 0 Å². The third-order valence-corrected chi connectivity index (χ3v) is 2.32. The van der Waals surface area contributed by atoms with E-state index in [0.29, 0.717) is 6.61 Å². The van der Waals surface area contributed by atoms with Gasteiger partial charge in [-0.25, -0.2) is 4.79 Å². The van der Waals surface area contributed by atoms with Crippen LogP contribution in [0.15, 0.2) is 24.3 Å². The van der Waals surface area contributed by atoms with E-state index in [-0.39, 0.29) is 5.97 Å². The molecular weight excluding hydrogens is 214 g/mol. The number of rotatable bonds is 5. The van der Waals surface area contributed by atoms with Crippen molar-refractivity contribution in [2.45, 2.75) is 20.8 Å². The predicted molar refractivity (Wildman–Crippen MR) is 71.0 cm³/mol. The van der Waals surface area contributed by atoms with Crippen LogP contribution in [0.4, 0.5) is 5.69 Å². The van der Waals surface area contributed by atoms with Crippen molar-refractivity contribution in [3.63, 3.8) is 0 Å². The maximum atomic E-state index is 11.1. The lowest BCUT2D eigenvalue weighted by Gasteiger charge is -2.07. The van der Waals surface area contributed by atoms with E-state index in [1.54, 1.807) is 13.0 Å². The zero-order valence-electron chi connectivity index (χ0n) is 10.6. The molecule has 0 unspecified atom stereocenters. The Labute approximate surface area is 102 Å². The Bertz CT molecular complexity index is 411. The normalized spacial score (nSPS) is 10.5. The highest BCUT2D eigenvalue weighted by Crippen LogP contribution is 2.17. The highest BCUT2D eigenvalue weighted by molar-refractivity contribution is 5.87. The van der Waals surface area contributed by atoms with Crippen molar-refractivity contribution in [3.8, 4) is 0 Å². The third-order valence-electron chi connectivity index (χ3n) is 2.32. The minimum Gasteiger partial charge on any atom is -0.463 e. The molecular formula is C14H19NO2. The fourth-order valence-electron chi connectivity index (χ4n) is 1.53. The van der Waals surface area contributed by atoms with Crippen LogP contribution in [-0.4, -0.2) is 19.1 Å². The van der Waals surface area contributed by atoms with Gasteiger partial charge in [0.1, 0.15) is 0 Å². The van der Waals surface area contributed by atoms with Gasteiger partial charge in [-0.05, 0) is 50.1 Å². The number of hydrogen-bond acceptors (Lipinski definition) is 3. The second-order valence-electron chi connectivity index (χ2n) is 3.69. The first-order valence-corrected chi connectivity index (χ1v) is 5.86. The molecule has 0 radical (unpaired) electrons. The summed E-state index contributed by atoms with van der Waals surface area (Å²) < 4.78 is 4.82. The molecule has 1 rings (SSSR count). The number of ether oxygens (including phenoxy) is 1. The molecule has 17 heavy (non-hydrogen) atoms. The Balaban J connectivity index is 2.73. The highest BCUT2D eigenvalue weighted by atomic mass is 16.5. The molecule has 0 saturated heterocycles. The van der Waals surface area contributed by atoms with Crippen molar-refractivity contribution in [2.24, 2.45) is 0 Å². The van der Waals surface area contributed by atoms with Gasteiger partial charge in [-0.2, -0.15) is 0 Å². The summed E-state index contributed by atoms with van der Waals surface area (Å²) in [6.45, 7) is 7.20. The molecule has 0 heterocycles. The van der Waals surface area contributed by atoms with Gasteiger partial charge < -0.3 is 10.1 Å². The second kappa shape index (κ2) is 6.74. The lowest BCUT2D eigenvalue weighted by molar-refractivity contribution is -0.137. The van der Waals surface area contributed by atoms with Gasteiger partial charge in [0.2, 0.25) is 0 Å². The summed E-state index contributed by atoms with van der Waals surface area (Å²) in [6, 6.07) is 6.03. The molecule has 0 atom stereocenters. The zero-order chi connectivity index (χ0) is 12.7. The van der Waals surface area contributed by atoms with E-state index in [0.717, 1.165) is 23.4 Å². The predicted octanol–water partition coefficient (Wildman–Crippen LogP) is 3.00. The van der Waals surface area contributed by atoms with Crippen LogP contribution in [0.3, 0.4) is 0 Å². The number of anilines is 1. The number of benzene rings is 1. The number of aryl methyl sites for hydroxylation is 1. The molecule has 0 saturated carbocycles. The van der Waals surface area contributed by atoms with Gasteiger partial charge in [0, 0.05) is 18.3 Å². The average molecular weight is 233 g/mol. The largest absolute Gasteiger partial charge is 0.463 e. The fourth-order valence-corrected chi connectivity index (χ4v) is 1.53. The van der Waals surface area contributed by atoms with E-state index >= 15 is 0 Å². The van der Waals surface area contributed by atoms with Crippen molar-refractivity contribution in [1.29, 1.82) is 0 Å². The van der Waals surface area contributed by atoms with Gasteiger partial charge in [0.05, 0.1) is 6.61 Å². The standard InChI is InChI=1S/C14H19NO2/c1-4-15-13-8-6-12(10-11(13)3)7-9-14(16)17-5-2/h6-10,15H,4-5H2,1-3H3. The maximum absolute atomic E-state index is 11.1. The fraction of sp³-hybridized carbons (Fsp3) is 0.357. The minimum atomic E-state index is -0.305. The van der Waals surface area contributed by atoms with Crippen LogP contribution in [0.5, 0.6) is 0 Å². The Morgan fingerprint density at radius 1 is 1.41 bits per heavy atom. The average Bonchev–Trinajstić information content (AvgIpc) is 2.30. The summed E-state index contributed by atoms with van der Waals surface area (Å²) in [5.74, 6) is -0.305. The smallest absolute Gasteiger partial charge is 0.330 e. The van der Waals surface area contributed by atoms with Gasteiger partial charge in [0.25, 0.3) is 0 Å². The quantitative estimate of drug-likeness (QED) is 0.627. The van der Waals surface area contributed by atoms with Crippen LogP contribution in [0, 0.1) is 6.92 Å². The van der Waals surface area contributed by atoms with Crippen LogP contribution >= 0.6 is 0 Å². The Morgan fingerprint density at radius 3 is 2.76 bits per heavy atom. The number of carbonyl (C=O) groups is 1. The molecule has 0 aromatic heterocycles. The number of nitrogens with one attached hydrogen (secondary N) is 1. The van der Waals surface area contributed by atoms with Crippen molar-refractivity contribution in [1.82, 2.24) is 0 Å². The summed E-state index contributed by atoms with van der Waals surface area (Å²) >= 11 is 0. The molecule has 0 fully saturated rings. The summed E-state index contributed by atoms with van der Waals surface area (Å²) in [5, 5.41) is 3.27. The Kier molecular flexibility index (Phi) is 5.27. The first kappa shape index (κ1) is 13.3. The zero-order valence-corrected chi connectivity index (χ0v) is 10.6. The molecule has 1 N–H and O–H groups in total. The van der Waals surface area contributed by atoms with E-state index in [2.05, 4.69) is 12.2 Å². The van der Waals surface area contributed by atoms with E-state index in [9.17, 15) is 4.79 Å². The summed E-state index contributed by atoms with van der Waals surface area (Å²) in [5.41, 5.74) is 3.29. The van der Waals surface area contributed by atoms with E-state index in [4.69, 9.17) is 4.74 Å². The van der Waals surface area contributed by atoms with Crippen molar-refractivity contribution >= 4 is 17.7 Å². The maximum Gasteiger partial charge on any atom is 0.330 e. The number of esters is 1. The van der Waals surface area contributed by atoms with Crippen molar-refractivity contribution in [2.75, 3.05) is 18.5 Å². The van der Waals surface area contributed by atoms with Gasteiger partial charge in [0.15, 0.2) is 0 Å². The van der Waals surface area contributed by atoms with Gasteiger partial charge >= 0.3 is 5.97 Å². The molecule has 0 aliphatic carbocycles. The summed E-state index contributed by atoms with van der Waals surface area (Å²) in [6.07, 6.45) is 3.21. The van der Waals surface area contributed by atoms with Crippen molar-refractivity contribution < 1.29 is 9.53 Å². The number of hydrogen-bond donors (Lipinski definition) is 1. The molecule has 0 amide bonds. The lowest BCUT2D eigenvalue weighted by Crippen LogP contribution is -1.99. The summed E-state index contributed by atoms with van der Waals surface area (Å²) in [7, 11) is 0. The molecule has 0 aliphatic rings. The second-order valence-corrected chi connectivity index (χ2v) is 3.69. The van der Waals surface area contributed by atoms with Gasteiger partial charge in [-0.3, -0.25) is 0 Å². The first-order valence-electron chi connectivity index (χ1n) is 5.86. The third kappa shape index (κ3) is 4.31. The van der Waals surface area contributed by atoms with E-state index in [1.807, 2.05) is 25.1 Å². The Hall–Kier alpha value is -1.77. The topological polar surface area (TPSA) is 38.3 Å². The SMILES string of the molecule is CCNc1ccc(C=CC(=O)OCC)cc1C. The van der Waals surface area contributed by atoms with Crippen LogP contribution in [0.25, 0.3) is 6.08 Å². The summed E-state index contributed by atoms with van der Waals surface area (Å²) in [4.78, 5) is 11.1. The molecule has 0 spiro atoms. The molecule has 0 aliphatic heterocycles. The van der Waals surface area contributed by atoms with Crippen LogP contribution in [0.1, 0.15) is 25.0 Å². The van der Waals surface area contributed by atoms with E-state index in [1.165, 1.54) is 6.08 Å². The molecule has 1 aromatic rings. The van der Waals surface area contributed by atoms with Gasteiger partial charge in [-0.1, -0.05) is 6.07 Å². The molecule has 3 heteroatoms. The minimum absolute atomic E-state index is 0.305. The molecule has 3 nitrogen and oxygen atoms in total. The van der Waals surface area contributed by atoms with Crippen LogP contribution in [-0.2, 0) is 9.53 Å². The number of carbonyl (C=O) groups excluding carboxylic acids is 1. The van der Waals surface area contributed by atoms with Crippen LogP contribution < -0.4 is 5.32 Å². The Morgan fingerprint density at radius 2 is 2.18 bits per heavy atom. The van der Waals surface area contributed by atoms with Crippen molar-refractivity contribution in [3.05, 3.63) is 35.4 Å². The van der Waals surface area contributed by atoms with Crippen LogP contribution in [0.2, 0.25) is 0 Å².